The van der Waals surface area contributed by atoms with Crippen LogP contribution in [0.1, 0.15) is 31.1 Å². The highest BCUT2D eigenvalue weighted by molar-refractivity contribution is 7.09. The number of aryl methyl sites for hydroxylation is 1. The van der Waals surface area contributed by atoms with Crippen molar-refractivity contribution >= 4 is 28.7 Å². The molecular weight excluding hydrogens is 328 g/mol. The quantitative estimate of drug-likeness (QED) is 0.791. The number of hydrogen-bond donors (Lipinski definition) is 2. The highest BCUT2D eigenvalue weighted by Crippen LogP contribution is 2.18. The number of aromatic nitrogens is 2. The largest absolute Gasteiger partial charge is 0.383 e. The van der Waals surface area contributed by atoms with Crippen LogP contribution in [0.2, 0.25) is 0 Å². The van der Waals surface area contributed by atoms with Crippen molar-refractivity contribution in [3.8, 4) is 0 Å². The SMILES string of the molecule is CCCCn1c(N)c(N(C)C(=O)CCc2cccs2)c(=O)[nH]c1=O. The lowest BCUT2D eigenvalue weighted by Gasteiger charge is -2.20. The summed E-state index contributed by atoms with van der Waals surface area (Å²) in [6.07, 6.45) is 2.51. The molecule has 0 spiro atoms. The first-order valence-electron chi connectivity index (χ1n) is 7.87. The van der Waals surface area contributed by atoms with Crippen molar-refractivity contribution in [1.29, 1.82) is 0 Å². The van der Waals surface area contributed by atoms with Gasteiger partial charge in [0.05, 0.1) is 0 Å². The van der Waals surface area contributed by atoms with E-state index in [-0.39, 0.29) is 23.8 Å². The number of carbonyl (C=O) groups is 1. The van der Waals surface area contributed by atoms with Gasteiger partial charge in [0, 0.05) is 24.9 Å². The standard InChI is InChI=1S/C16H22N4O3S/c1-3-4-9-20-14(17)13(15(22)18-16(20)23)19(2)12(21)8-7-11-6-5-10-24-11/h5-6,10H,3-4,7-9,17H2,1-2H3,(H,18,22,23). The molecular formula is C16H22N4O3S. The molecule has 3 N–H and O–H groups in total. The van der Waals surface area contributed by atoms with Gasteiger partial charge in [-0.2, -0.15) is 0 Å². The van der Waals surface area contributed by atoms with Crippen molar-refractivity contribution in [3.63, 3.8) is 0 Å². The molecule has 1 amide bonds. The maximum atomic E-state index is 12.4. The normalized spacial score (nSPS) is 10.8. The van der Waals surface area contributed by atoms with Crippen LogP contribution in [0.4, 0.5) is 11.5 Å². The lowest BCUT2D eigenvalue weighted by Crippen LogP contribution is -2.39. The Balaban J connectivity index is 2.24. The van der Waals surface area contributed by atoms with Crippen molar-refractivity contribution in [1.82, 2.24) is 9.55 Å². The van der Waals surface area contributed by atoms with Gasteiger partial charge in [0.2, 0.25) is 5.91 Å². The Hall–Kier alpha value is -2.35. The molecule has 0 radical (unpaired) electrons. The molecule has 0 aromatic carbocycles. The maximum Gasteiger partial charge on any atom is 0.330 e. The van der Waals surface area contributed by atoms with Crippen LogP contribution >= 0.6 is 11.3 Å². The Morgan fingerprint density at radius 3 is 2.79 bits per heavy atom. The van der Waals surface area contributed by atoms with E-state index >= 15 is 0 Å². The lowest BCUT2D eigenvalue weighted by atomic mass is 10.2. The topological polar surface area (TPSA) is 101 Å². The van der Waals surface area contributed by atoms with Crippen LogP contribution in [0.5, 0.6) is 0 Å². The Bertz CT molecular complexity index is 808. The van der Waals surface area contributed by atoms with Gasteiger partial charge < -0.3 is 10.6 Å². The van der Waals surface area contributed by atoms with Gasteiger partial charge in [-0.25, -0.2) is 4.79 Å². The van der Waals surface area contributed by atoms with Crippen molar-refractivity contribution in [2.45, 2.75) is 39.2 Å². The molecule has 0 aliphatic rings. The molecule has 0 bridgehead atoms. The molecule has 8 heteroatoms. The molecule has 0 aliphatic carbocycles. The van der Waals surface area contributed by atoms with Crippen LogP contribution in [-0.4, -0.2) is 22.5 Å². The number of thiophene rings is 1. The molecule has 0 aliphatic heterocycles. The van der Waals surface area contributed by atoms with E-state index in [2.05, 4.69) is 4.98 Å². The number of rotatable bonds is 7. The predicted octanol–water partition coefficient (Wildman–Crippen LogP) is 1.58. The molecule has 0 saturated heterocycles. The molecule has 2 heterocycles. The second-order valence-electron chi connectivity index (χ2n) is 5.53. The number of nitrogens with zero attached hydrogens (tertiary/aromatic N) is 2. The molecule has 0 atom stereocenters. The van der Waals surface area contributed by atoms with E-state index in [1.165, 1.54) is 16.5 Å². The van der Waals surface area contributed by atoms with Crippen LogP contribution in [0.3, 0.4) is 0 Å². The fourth-order valence-electron chi connectivity index (χ4n) is 2.42. The summed E-state index contributed by atoms with van der Waals surface area (Å²) >= 11 is 1.58. The Morgan fingerprint density at radius 1 is 1.42 bits per heavy atom. The van der Waals surface area contributed by atoms with Crippen molar-refractivity contribution < 1.29 is 4.79 Å². The number of anilines is 2. The highest BCUT2D eigenvalue weighted by atomic mass is 32.1. The van der Waals surface area contributed by atoms with E-state index < -0.39 is 11.2 Å². The number of nitrogens with one attached hydrogen (secondary N) is 1. The molecule has 24 heavy (non-hydrogen) atoms. The number of nitrogens with two attached hydrogens (primary N) is 1. The van der Waals surface area contributed by atoms with Gasteiger partial charge in [-0.05, 0) is 24.3 Å². The van der Waals surface area contributed by atoms with E-state index in [4.69, 9.17) is 5.73 Å². The third kappa shape index (κ3) is 3.94. The summed E-state index contributed by atoms with van der Waals surface area (Å²) in [7, 11) is 1.51. The van der Waals surface area contributed by atoms with E-state index in [0.29, 0.717) is 13.0 Å². The fraction of sp³-hybridized carbons (Fsp3) is 0.438. The summed E-state index contributed by atoms with van der Waals surface area (Å²) < 4.78 is 1.31. The summed E-state index contributed by atoms with van der Waals surface area (Å²) in [4.78, 5) is 41.0. The zero-order valence-electron chi connectivity index (χ0n) is 13.9. The molecule has 0 saturated carbocycles. The number of amides is 1. The van der Waals surface area contributed by atoms with Crippen LogP contribution in [0, 0.1) is 0 Å². The fourth-order valence-corrected chi connectivity index (χ4v) is 3.13. The van der Waals surface area contributed by atoms with Crippen LogP contribution in [0.25, 0.3) is 0 Å². The van der Waals surface area contributed by atoms with Gasteiger partial charge in [0.25, 0.3) is 5.56 Å². The molecule has 130 valence electrons. The summed E-state index contributed by atoms with van der Waals surface area (Å²) in [5, 5.41) is 1.95. The van der Waals surface area contributed by atoms with Gasteiger partial charge >= 0.3 is 5.69 Å². The third-order valence-electron chi connectivity index (χ3n) is 3.82. The van der Waals surface area contributed by atoms with Crippen molar-refractivity contribution in [2.75, 3.05) is 17.7 Å². The maximum absolute atomic E-state index is 12.4. The average Bonchev–Trinajstić information content (AvgIpc) is 3.05. The minimum Gasteiger partial charge on any atom is -0.383 e. The van der Waals surface area contributed by atoms with Gasteiger partial charge in [-0.15, -0.1) is 11.3 Å². The van der Waals surface area contributed by atoms with Gasteiger partial charge in [-0.3, -0.25) is 19.1 Å². The lowest BCUT2D eigenvalue weighted by molar-refractivity contribution is -0.118. The van der Waals surface area contributed by atoms with Crippen LogP contribution in [-0.2, 0) is 17.8 Å². The Kier molecular flexibility index (Phi) is 5.97. The van der Waals surface area contributed by atoms with E-state index in [9.17, 15) is 14.4 Å². The Morgan fingerprint density at radius 2 is 2.17 bits per heavy atom. The zero-order chi connectivity index (χ0) is 17.7. The Labute approximate surface area is 143 Å². The molecule has 7 nitrogen and oxygen atoms in total. The first kappa shape index (κ1) is 18.0. The second kappa shape index (κ2) is 7.96. The first-order chi connectivity index (χ1) is 11.5. The zero-order valence-corrected chi connectivity index (χ0v) is 14.7. The summed E-state index contributed by atoms with van der Waals surface area (Å²) in [6.45, 7) is 2.40. The number of aromatic amines is 1. The van der Waals surface area contributed by atoms with Gasteiger partial charge in [-0.1, -0.05) is 19.4 Å². The molecule has 2 aromatic heterocycles. The van der Waals surface area contributed by atoms with E-state index in [0.717, 1.165) is 17.7 Å². The van der Waals surface area contributed by atoms with Crippen molar-refractivity contribution in [3.05, 3.63) is 43.2 Å². The smallest absolute Gasteiger partial charge is 0.330 e. The summed E-state index contributed by atoms with van der Waals surface area (Å²) in [5.41, 5.74) is 4.85. The van der Waals surface area contributed by atoms with Gasteiger partial charge in [0.1, 0.15) is 5.82 Å². The molecule has 0 fully saturated rings. The van der Waals surface area contributed by atoms with Crippen molar-refractivity contribution in [2.24, 2.45) is 0 Å². The molecule has 2 rings (SSSR count). The minimum atomic E-state index is -0.641. The summed E-state index contributed by atoms with van der Waals surface area (Å²) in [6, 6.07) is 3.89. The number of hydrogen-bond acceptors (Lipinski definition) is 5. The van der Waals surface area contributed by atoms with Gasteiger partial charge in [0.15, 0.2) is 5.69 Å². The van der Waals surface area contributed by atoms with E-state index in [1.54, 1.807) is 11.3 Å². The van der Waals surface area contributed by atoms with E-state index in [1.807, 2.05) is 24.4 Å². The monoisotopic (exact) mass is 350 g/mol. The summed E-state index contributed by atoms with van der Waals surface area (Å²) in [5.74, 6) is -0.189. The minimum absolute atomic E-state index is 0.0295. The number of nitrogen functional groups attached to an aromatic ring is 1. The first-order valence-corrected chi connectivity index (χ1v) is 8.75. The predicted molar refractivity (Wildman–Crippen MR) is 96.7 cm³/mol. The van der Waals surface area contributed by atoms with Crippen LogP contribution < -0.4 is 21.9 Å². The third-order valence-corrected chi connectivity index (χ3v) is 4.76. The number of carbonyl (C=O) groups excluding carboxylic acids is 1. The molecule has 2 aromatic rings. The number of unbranched alkanes of at least 4 members (excludes halogenated alkanes) is 1. The highest BCUT2D eigenvalue weighted by Gasteiger charge is 2.20. The second-order valence-corrected chi connectivity index (χ2v) is 6.56. The molecule has 0 unspecified atom stereocenters. The average molecular weight is 350 g/mol. The number of H-pyrrole nitrogens is 1. The van der Waals surface area contributed by atoms with Crippen LogP contribution in [0.15, 0.2) is 27.1 Å².